The van der Waals surface area contributed by atoms with Crippen molar-refractivity contribution in [1.82, 2.24) is 4.90 Å². The first-order valence-electron chi connectivity index (χ1n) is 7.53. The molecule has 1 aromatic rings. The van der Waals surface area contributed by atoms with Crippen LogP contribution < -0.4 is 5.73 Å². The maximum atomic E-state index is 12.9. The maximum absolute atomic E-state index is 12.9. The number of hydrogen-bond acceptors (Lipinski definition) is 4. The molecule has 0 aromatic heterocycles. The van der Waals surface area contributed by atoms with Gasteiger partial charge in [-0.25, -0.2) is 0 Å². The second kappa shape index (κ2) is 7.27. The topological polar surface area (TPSA) is 89.5 Å². The molecule has 0 aliphatic carbocycles. The Labute approximate surface area is 142 Å². The Morgan fingerprint density at radius 2 is 1.96 bits per heavy atom. The molecule has 1 saturated heterocycles. The van der Waals surface area contributed by atoms with Gasteiger partial charge in [0.05, 0.1) is 10.3 Å². The molecule has 2 atom stereocenters. The number of likely N-dealkylation sites (tertiary alicyclic amines) is 1. The van der Waals surface area contributed by atoms with Crippen LogP contribution in [0.3, 0.4) is 0 Å². The molecule has 2 N–H and O–H groups in total. The SMILES string of the molecule is CC1CC(CN)CN1C(=O)C(C)(C)c1ccc([N+](=O)[O-])cc1.Cl. The number of nitrogens with zero attached hydrogens (tertiary/aromatic N) is 2. The third-order valence-electron chi connectivity index (χ3n) is 4.59. The molecule has 23 heavy (non-hydrogen) atoms. The number of nitro groups is 1. The van der Waals surface area contributed by atoms with Crippen LogP contribution in [0.5, 0.6) is 0 Å². The number of nitrogens with two attached hydrogens (primary N) is 1. The molecule has 1 heterocycles. The Bertz CT molecular complexity index is 574. The van der Waals surface area contributed by atoms with Crippen LogP contribution in [0.2, 0.25) is 0 Å². The van der Waals surface area contributed by atoms with Crippen molar-refractivity contribution >= 4 is 24.0 Å². The van der Waals surface area contributed by atoms with Crippen LogP contribution in [-0.2, 0) is 10.2 Å². The van der Waals surface area contributed by atoms with E-state index in [0.717, 1.165) is 12.0 Å². The minimum atomic E-state index is -0.715. The zero-order valence-electron chi connectivity index (χ0n) is 13.7. The van der Waals surface area contributed by atoms with E-state index in [4.69, 9.17) is 5.73 Å². The maximum Gasteiger partial charge on any atom is 0.269 e. The number of benzene rings is 1. The highest BCUT2D eigenvalue weighted by Crippen LogP contribution is 2.32. The average Bonchev–Trinajstić information content (AvgIpc) is 2.87. The van der Waals surface area contributed by atoms with Crippen molar-refractivity contribution < 1.29 is 9.72 Å². The largest absolute Gasteiger partial charge is 0.339 e. The summed E-state index contributed by atoms with van der Waals surface area (Å²) in [6.45, 7) is 7.04. The molecule has 0 spiro atoms. The fourth-order valence-corrected chi connectivity index (χ4v) is 3.08. The predicted octanol–water partition coefficient (Wildman–Crippen LogP) is 2.49. The fraction of sp³-hybridized carbons (Fsp3) is 0.562. The lowest BCUT2D eigenvalue weighted by Gasteiger charge is -2.32. The number of hydrogen-bond donors (Lipinski definition) is 1. The molecule has 2 unspecified atom stereocenters. The second-order valence-electron chi connectivity index (χ2n) is 6.57. The first kappa shape index (κ1) is 19.4. The third-order valence-corrected chi connectivity index (χ3v) is 4.59. The van der Waals surface area contributed by atoms with Crippen LogP contribution in [0.15, 0.2) is 24.3 Å². The van der Waals surface area contributed by atoms with Crippen molar-refractivity contribution in [3.63, 3.8) is 0 Å². The van der Waals surface area contributed by atoms with Crippen molar-refractivity contribution in [2.45, 2.75) is 38.6 Å². The van der Waals surface area contributed by atoms with E-state index >= 15 is 0 Å². The van der Waals surface area contributed by atoms with E-state index < -0.39 is 10.3 Å². The van der Waals surface area contributed by atoms with Gasteiger partial charge in [0.15, 0.2) is 0 Å². The van der Waals surface area contributed by atoms with Gasteiger partial charge in [0.1, 0.15) is 0 Å². The van der Waals surface area contributed by atoms with Crippen LogP contribution in [0, 0.1) is 16.0 Å². The third kappa shape index (κ3) is 3.82. The Morgan fingerprint density at radius 3 is 2.39 bits per heavy atom. The Balaban J connectivity index is 0.00000264. The standard InChI is InChI=1S/C16H23N3O3.ClH/c1-11-8-12(9-17)10-18(11)15(20)16(2,3)13-4-6-14(7-5-13)19(21)22;/h4-7,11-12H,8-10,17H2,1-3H3;1H. The van der Waals surface area contributed by atoms with Gasteiger partial charge in [-0.1, -0.05) is 12.1 Å². The molecule has 1 aromatic carbocycles. The van der Waals surface area contributed by atoms with Crippen LogP contribution in [0.4, 0.5) is 5.69 Å². The molecular formula is C16H24ClN3O3. The lowest BCUT2D eigenvalue weighted by molar-refractivity contribution is -0.384. The first-order valence-corrected chi connectivity index (χ1v) is 7.53. The lowest BCUT2D eigenvalue weighted by atomic mass is 9.83. The van der Waals surface area contributed by atoms with Crippen LogP contribution in [0.1, 0.15) is 32.8 Å². The summed E-state index contributed by atoms with van der Waals surface area (Å²) in [4.78, 5) is 25.1. The number of amides is 1. The van der Waals surface area contributed by atoms with E-state index in [0.29, 0.717) is 19.0 Å². The van der Waals surface area contributed by atoms with E-state index in [-0.39, 0.29) is 30.0 Å². The van der Waals surface area contributed by atoms with E-state index in [2.05, 4.69) is 0 Å². The monoisotopic (exact) mass is 341 g/mol. The fourth-order valence-electron chi connectivity index (χ4n) is 3.08. The number of nitro benzene ring substituents is 1. The Morgan fingerprint density at radius 1 is 1.39 bits per heavy atom. The van der Waals surface area contributed by atoms with Gasteiger partial charge in [0, 0.05) is 24.7 Å². The normalized spacial score (nSPS) is 21.0. The lowest BCUT2D eigenvalue weighted by Crippen LogP contribution is -2.45. The summed E-state index contributed by atoms with van der Waals surface area (Å²) in [7, 11) is 0. The highest BCUT2D eigenvalue weighted by atomic mass is 35.5. The van der Waals surface area contributed by atoms with Crippen LogP contribution in [-0.4, -0.2) is 34.9 Å². The molecule has 7 heteroatoms. The summed E-state index contributed by atoms with van der Waals surface area (Å²) < 4.78 is 0. The number of non-ortho nitro benzene ring substituents is 1. The molecule has 0 radical (unpaired) electrons. The number of carbonyl (C=O) groups is 1. The smallest absolute Gasteiger partial charge is 0.269 e. The van der Waals surface area contributed by atoms with Crippen molar-refractivity contribution in [2.24, 2.45) is 11.7 Å². The van der Waals surface area contributed by atoms with Gasteiger partial charge in [0.25, 0.3) is 5.69 Å². The first-order chi connectivity index (χ1) is 10.3. The van der Waals surface area contributed by atoms with Gasteiger partial charge in [-0.15, -0.1) is 12.4 Å². The quantitative estimate of drug-likeness (QED) is 0.673. The molecule has 0 bridgehead atoms. The van der Waals surface area contributed by atoms with Gasteiger partial charge in [0.2, 0.25) is 5.91 Å². The molecule has 1 aliphatic heterocycles. The molecular weight excluding hydrogens is 318 g/mol. The molecule has 6 nitrogen and oxygen atoms in total. The molecule has 1 fully saturated rings. The molecule has 128 valence electrons. The van der Waals surface area contributed by atoms with E-state index in [1.165, 1.54) is 12.1 Å². The highest BCUT2D eigenvalue weighted by molar-refractivity contribution is 5.88. The summed E-state index contributed by atoms with van der Waals surface area (Å²) in [5.74, 6) is 0.399. The minimum Gasteiger partial charge on any atom is -0.339 e. The summed E-state index contributed by atoms with van der Waals surface area (Å²) in [6.07, 6.45) is 0.929. The van der Waals surface area contributed by atoms with Gasteiger partial charge >= 0.3 is 0 Å². The van der Waals surface area contributed by atoms with Crippen molar-refractivity contribution in [3.05, 3.63) is 39.9 Å². The minimum absolute atomic E-state index is 0. The van der Waals surface area contributed by atoms with Gasteiger partial charge in [-0.2, -0.15) is 0 Å². The number of halogens is 1. The van der Waals surface area contributed by atoms with Gasteiger partial charge in [-0.3, -0.25) is 14.9 Å². The molecule has 2 rings (SSSR count). The van der Waals surface area contributed by atoms with E-state index in [1.54, 1.807) is 12.1 Å². The second-order valence-corrected chi connectivity index (χ2v) is 6.57. The van der Waals surface area contributed by atoms with Crippen LogP contribution in [0.25, 0.3) is 0 Å². The predicted molar refractivity (Wildman–Crippen MR) is 91.7 cm³/mol. The summed E-state index contributed by atoms with van der Waals surface area (Å²) >= 11 is 0. The van der Waals surface area contributed by atoms with Gasteiger partial charge < -0.3 is 10.6 Å². The van der Waals surface area contributed by atoms with Crippen molar-refractivity contribution in [2.75, 3.05) is 13.1 Å². The van der Waals surface area contributed by atoms with Crippen LogP contribution >= 0.6 is 12.4 Å². The average molecular weight is 342 g/mol. The van der Waals surface area contributed by atoms with Gasteiger partial charge in [-0.05, 0) is 45.2 Å². The number of carbonyl (C=O) groups excluding carboxylic acids is 1. The van der Waals surface area contributed by atoms with E-state index in [1.807, 2.05) is 25.7 Å². The van der Waals surface area contributed by atoms with Crippen molar-refractivity contribution in [3.8, 4) is 0 Å². The summed E-state index contributed by atoms with van der Waals surface area (Å²) in [5, 5.41) is 10.7. The highest BCUT2D eigenvalue weighted by Gasteiger charge is 2.40. The van der Waals surface area contributed by atoms with Crippen molar-refractivity contribution in [1.29, 1.82) is 0 Å². The van der Waals surface area contributed by atoms with E-state index in [9.17, 15) is 14.9 Å². The zero-order valence-corrected chi connectivity index (χ0v) is 14.5. The number of rotatable bonds is 4. The zero-order chi connectivity index (χ0) is 16.5. The molecule has 1 aliphatic rings. The Kier molecular flexibility index (Phi) is 6.13. The Hall–Kier alpha value is -1.66. The summed E-state index contributed by atoms with van der Waals surface area (Å²) in [6, 6.07) is 6.40. The molecule has 0 saturated carbocycles. The summed E-state index contributed by atoms with van der Waals surface area (Å²) in [5.41, 5.74) is 5.82. The molecule has 1 amide bonds.